The molecular formula is C18H26O12. The van der Waals surface area contributed by atoms with Crippen LogP contribution in [0.3, 0.4) is 0 Å². The van der Waals surface area contributed by atoms with E-state index in [9.17, 15) is 35.7 Å². The van der Waals surface area contributed by atoms with Gasteiger partial charge in [0.15, 0.2) is 23.9 Å². The van der Waals surface area contributed by atoms with Crippen molar-refractivity contribution < 1.29 is 59.4 Å². The number of hydrogen-bond acceptors (Lipinski definition) is 12. The molecule has 2 aliphatic rings. The molecule has 8 atom stereocenters. The van der Waals surface area contributed by atoms with Crippen LogP contribution in [0, 0.1) is 0 Å². The van der Waals surface area contributed by atoms with E-state index < -0.39 is 68.5 Å². The summed E-state index contributed by atoms with van der Waals surface area (Å²) < 4.78 is 26.9. The van der Waals surface area contributed by atoms with Crippen LogP contribution in [0.4, 0.5) is 0 Å². The van der Waals surface area contributed by atoms with E-state index in [1.54, 1.807) is 0 Å². The van der Waals surface area contributed by atoms with Crippen molar-refractivity contribution >= 4 is 0 Å². The maximum Gasteiger partial charge on any atom is 0.229 e. The van der Waals surface area contributed by atoms with Gasteiger partial charge in [-0.25, -0.2) is 0 Å². The Morgan fingerprint density at radius 1 is 1.13 bits per heavy atom. The summed E-state index contributed by atoms with van der Waals surface area (Å²) in [6.45, 7) is -1.85. The minimum atomic E-state index is -1.96. The van der Waals surface area contributed by atoms with Gasteiger partial charge in [0.05, 0.1) is 26.9 Å². The molecule has 1 aromatic rings. The number of methoxy groups -OCH3 is 1. The van der Waals surface area contributed by atoms with Gasteiger partial charge in [-0.05, 0) is 12.1 Å². The fourth-order valence-corrected chi connectivity index (χ4v) is 3.23. The van der Waals surface area contributed by atoms with Gasteiger partial charge in [0.25, 0.3) is 0 Å². The van der Waals surface area contributed by atoms with Gasteiger partial charge >= 0.3 is 0 Å². The molecule has 0 saturated carbocycles. The van der Waals surface area contributed by atoms with Crippen LogP contribution in [0.5, 0.6) is 17.2 Å². The lowest BCUT2D eigenvalue weighted by atomic mass is 9.98. The summed E-state index contributed by atoms with van der Waals surface area (Å²) in [5.41, 5.74) is -1.96. The second-order valence-corrected chi connectivity index (χ2v) is 7.14. The molecule has 12 heteroatoms. The second-order valence-electron chi connectivity index (χ2n) is 7.14. The standard InChI is InChI=1S/C18H26O12/c1-26-10-4-8(2-3-9(10)21)28-16-14(13(23)12(22)11(5-19)29-16)30-17-15(24)18(25,6-20)7-27-17/h2-4,11-17,19-25H,5-7H2,1H3/t11-,12-,13+,14-,15+,16-,17+,18-/m1/s1. The van der Waals surface area contributed by atoms with E-state index in [4.69, 9.17) is 23.7 Å². The number of aliphatic hydroxyl groups excluding tert-OH is 5. The maximum absolute atomic E-state index is 10.5. The smallest absolute Gasteiger partial charge is 0.229 e. The second kappa shape index (κ2) is 9.18. The Labute approximate surface area is 171 Å². The lowest BCUT2D eigenvalue weighted by Gasteiger charge is -2.42. The number of rotatable bonds is 7. The van der Waals surface area contributed by atoms with Gasteiger partial charge in [-0.15, -0.1) is 0 Å². The summed E-state index contributed by atoms with van der Waals surface area (Å²) >= 11 is 0. The molecule has 0 aliphatic carbocycles. The molecular weight excluding hydrogens is 408 g/mol. The minimum Gasteiger partial charge on any atom is -0.504 e. The first-order chi connectivity index (χ1) is 14.2. The van der Waals surface area contributed by atoms with E-state index in [0.717, 1.165) is 0 Å². The zero-order valence-corrected chi connectivity index (χ0v) is 16.1. The monoisotopic (exact) mass is 434 g/mol. The molecule has 0 amide bonds. The van der Waals surface area contributed by atoms with Gasteiger partial charge in [0.1, 0.15) is 35.8 Å². The first-order valence-corrected chi connectivity index (χ1v) is 9.18. The Morgan fingerprint density at radius 2 is 1.87 bits per heavy atom. The molecule has 0 bridgehead atoms. The average molecular weight is 434 g/mol. The first kappa shape index (κ1) is 22.9. The van der Waals surface area contributed by atoms with Crippen molar-refractivity contribution in [3.63, 3.8) is 0 Å². The van der Waals surface area contributed by atoms with Crippen LogP contribution in [0.2, 0.25) is 0 Å². The molecule has 12 nitrogen and oxygen atoms in total. The highest BCUT2D eigenvalue weighted by Gasteiger charge is 2.53. The van der Waals surface area contributed by atoms with Crippen LogP contribution in [0.25, 0.3) is 0 Å². The van der Waals surface area contributed by atoms with Crippen LogP contribution in [0.1, 0.15) is 0 Å². The summed E-state index contributed by atoms with van der Waals surface area (Å²) in [4.78, 5) is 0. The molecule has 0 aromatic heterocycles. The highest BCUT2D eigenvalue weighted by Crippen LogP contribution is 2.34. The van der Waals surface area contributed by atoms with Crippen molar-refractivity contribution in [3.05, 3.63) is 18.2 Å². The van der Waals surface area contributed by atoms with Gasteiger partial charge < -0.3 is 59.4 Å². The molecule has 2 aliphatic heterocycles. The first-order valence-electron chi connectivity index (χ1n) is 9.18. The van der Waals surface area contributed by atoms with Crippen LogP contribution >= 0.6 is 0 Å². The number of phenols is 1. The SMILES string of the molecule is COc1cc(O[C@@H]2O[C@H](CO)[C@@H](O)[C@H](O)[C@H]2O[C@@H]2OC[C@](O)(CO)[C@H]2O)ccc1O. The summed E-state index contributed by atoms with van der Waals surface area (Å²) in [6.07, 6.45) is -10.3. The molecule has 2 saturated heterocycles. The van der Waals surface area contributed by atoms with E-state index in [0.29, 0.717) is 0 Å². The quantitative estimate of drug-likeness (QED) is 0.231. The largest absolute Gasteiger partial charge is 0.504 e. The number of ether oxygens (including phenoxy) is 5. The van der Waals surface area contributed by atoms with E-state index in [-0.39, 0.29) is 17.2 Å². The van der Waals surface area contributed by atoms with Gasteiger partial charge in [0.2, 0.25) is 6.29 Å². The van der Waals surface area contributed by atoms with Crippen LogP contribution < -0.4 is 9.47 Å². The third kappa shape index (κ3) is 4.32. The predicted octanol–water partition coefficient (Wildman–Crippen LogP) is -2.96. The van der Waals surface area contributed by atoms with Crippen molar-refractivity contribution in [2.75, 3.05) is 26.9 Å². The van der Waals surface area contributed by atoms with Crippen molar-refractivity contribution in [1.82, 2.24) is 0 Å². The van der Waals surface area contributed by atoms with Crippen LogP contribution in [-0.2, 0) is 14.2 Å². The average Bonchev–Trinajstić information content (AvgIpc) is 3.03. The topological polar surface area (TPSA) is 188 Å². The number of phenolic OH excluding ortho intramolecular Hbond substituents is 1. The van der Waals surface area contributed by atoms with Crippen LogP contribution in [0.15, 0.2) is 18.2 Å². The van der Waals surface area contributed by atoms with Gasteiger partial charge in [-0.1, -0.05) is 0 Å². The van der Waals surface area contributed by atoms with Gasteiger partial charge in [-0.2, -0.15) is 0 Å². The van der Waals surface area contributed by atoms with Gasteiger partial charge in [0, 0.05) is 6.07 Å². The highest BCUT2D eigenvalue weighted by atomic mass is 16.8. The van der Waals surface area contributed by atoms with Crippen molar-refractivity contribution in [2.45, 2.75) is 48.7 Å². The Hall–Kier alpha value is -1.74. The molecule has 2 fully saturated rings. The molecule has 170 valence electrons. The third-order valence-electron chi connectivity index (χ3n) is 5.10. The fraction of sp³-hybridized carbons (Fsp3) is 0.667. The Kier molecular flexibility index (Phi) is 7.02. The lowest BCUT2D eigenvalue weighted by Crippen LogP contribution is -2.62. The third-order valence-corrected chi connectivity index (χ3v) is 5.10. The van der Waals surface area contributed by atoms with Crippen LogP contribution in [-0.4, -0.2) is 111 Å². The predicted molar refractivity (Wildman–Crippen MR) is 95.7 cm³/mol. The molecule has 30 heavy (non-hydrogen) atoms. The molecule has 1 aromatic carbocycles. The number of benzene rings is 1. The minimum absolute atomic E-state index is 0.0997. The summed E-state index contributed by atoms with van der Waals surface area (Å²) in [7, 11) is 1.34. The van der Waals surface area contributed by atoms with Crippen molar-refractivity contribution in [2.24, 2.45) is 0 Å². The Balaban J connectivity index is 1.82. The number of hydrogen-bond donors (Lipinski definition) is 7. The summed E-state index contributed by atoms with van der Waals surface area (Å²) in [5, 5.41) is 69.4. The molecule has 0 radical (unpaired) electrons. The normalized spacial score (nSPS) is 39.1. The van der Waals surface area contributed by atoms with Crippen molar-refractivity contribution in [3.8, 4) is 17.2 Å². The number of aromatic hydroxyl groups is 1. The fourth-order valence-electron chi connectivity index (χ4n) is 3.23. The zero-order valence-electron chi connectivity index (χ0n) is 16.1. The van der Waals surface area contributed by atoms with E-state index in [1.165, 1.54) is 25.3 Å². The Morgan fingerprint density at radius 3 is 2.47 bits per heavy atom. The van der Waals surface area contributed by atoms with Crippen molar-refractivity contribution in [1.29, 1.82) is 0 Å². The molecule has 3 rings (SSSR count). The van der Waals surface area contributed by atoms with Gasteiger partial charge in [-0.3, -0.25) is 0 Å². The van der Waals surface area contributed by atoms with E-state index >= 15 is 0 Å². The van der Waals surface area contributed by atoms with E-state index in [2.05, 4.69) is 0 Å². The summed E-state index contributed by atoms with van der Waals surface area (Å²) in [6, 6.07) is 4.02. The summed E-state index contributed by atoms with van der Waals surface area (Å²) in [5.74, 6) is 0.0996. The molecule has 0 unspecified atom stereocenters. The lowest BCUT2D eigenvalue weighted by molar-refractivity contribution is -0.318. The zero-order chi connectivity index (χ0) is 22.1. The molecule has 2 heterocycles. The molecule has 7 N–H and O–H groups in total. The maximum atomic E-state index is 10.5. The Bertz CT molecular complexity index is 716. The van der Waals surface area contributed by atoms with E-state index in [1.807, 2.05) is 0 Å². The highest BCUT2D eigenvalue weighted by molar-refractivity contribution is 5.44. The number of aliphatic hydroxyl groups is 6. The molecule has 0 spiro atoms.